The van der Waals surface area contributed by atoms with Crippen molar-refractivity contribution in [2.75, 3.05) is 0 Å². The number of nitrogens with one attached hydrogen (secondary N) is 4. The molecule has 8 aromatic rings. The summed E-state index contributed by atoms with van der Waals surface area (Å²) in [5.41, 5.74) is 8.46. The van der Waals surface area contributed by atoms with Crippen LogP contribution in [0.5, 0.6) is 46.0 Å². The zero-order valence-corrected chi connectivity index (χ0v) is 56.0. The molecule has 0 fully saturated rings. The van der Waals surface area contributed by atoms with Gasteiger partial charge in [-0.1, -0.05) is 177 Å². The Balaban J connectivity index is 1.43. The molecule has 0 aromatic heterocycles. The van der Waals surface area contributed by atoms with Crippen LogP contribution in [0.1, 0.15) is 246 Å². The van der Waals surface area contributed by atoms with Crippen molar-refractivity contribution >= 4 is 0 Å². The van der Waals surface area contributed by atoms with Gasteiger partial charge in [0, 0.05) is 119 Å². The van der Waals surface area contributed by atoms with Gasteiger partial charge in [0.2, 0.25) is 0 Å². The number of hydrogen-bond donors (Lipinski definition) is 12. The van der Waals surface area contributed by atoms with Crippen LogP contribution in [0.25, 0.3) is 0 Å². The maximum absolute atomic E-state index is 13.3. The molecule has 12 heteroatoms. The average molecular weight is 1250 g/mol. The number of hydrogen-bond acceptors (Lipinski definition) is 12. The van der Waals surface area contributed by atoms with Gasteiger partial charge in [0.15, 0.2) is 0 Å². The highest BCUT2D eigenvalue weighted by atomic mass is 16.3. The second-order valence-electron chi connectivity index (χ2n) is 27.7. The number of phenols is 8. The molecule has 0 saturated heterocycles. The topological polar surface area (TPSA) is 210 Å². The van der Waals surface area contributed by atoms with E-state index in [1.807, 2.05) is 173 Å². The van der Waals surface area contributed by atoms with Crippen LogP contribution in [0, 0.1) is 23.7 Å². The summed E-state index contributed by atoms with van der Waals surface area (Å²) in [5.74, 6) is -4.54. The van der Waals surface area contributed by atoms with E-state index in [1.54, 1.807) is 0 Å². The van der Waals surface area contributed by atoms with Crippen LogP contribution >= 0.6 is 0 Å². The Morgan fingerprint density at radius 1 is 0.250 bits per heavy atom. The van der Waals surface area contributed by atoms with E-state index >= 15 is 0 Å². The summed E-state index contributed by atoms with van der Waals surface area (Å²) in [6, 6.07) is 46.4. The molecule has 1 aliphatic carbocycles. The zero-order chi connectivity index (χ0) is 66.2. The van der Waals surface area contributed by atoms with E-state index in [-0.39, 0.29) is 142 Å². The number of phenolic OH excluding ortho intramolecular Hbond substituents is 8. The van der Waals surface area contributed by atoms with Crippen molar-refractivity contribution in [1.82, 2.24) is 21.3 Å². The summed E-state index contributed by atoms with van der Waals surface area (Å²) >= 11 is 0. The van der Waals surface area contributed by atoms with E-state index in [1.165, 1.54) is 0 Å². The molecule has 0 amide bonds. The fraction of sp³-hybridized carbons (Fsp3) is 0.400. The molecule has 92 heavy (non-hydrogen) atoms. The van der Waals surface area contributed by atoms with E-state index in [4.69, 9.17) is 0 Å². The Morgan fingerprint density at radius 2 is 0.402 bits per heavy atom. The molecule has 0 heterocycles. The quantitative estimate of drug-likeness (QED) is 0.0273. The lowest BCUT2D eigenvalue weighted by molar-refractivity contribution is 0.394. The van der Waals surface area contributed by atoms with E-state index < -0.39 is 23.7 Å². The summed E-state index contributed by atoms with van der Waals surface area (Å²) in [7, 11) is 0. The second-order valence-corrected chi connectivity index (χ2v) is 27.7. The van der Waals surface area contributed by atoms with Gasteiger partial charge in [0.05, 0.1) is 22.3 Å². The first-order valence-corrected chi connectivity index (χ1v) is 33.4. The Morgan fingerprint density at radius 3 is 0.543 bits per heavy atom. The Bertz CT molecular complexity index is 3160. The summed E-state index contributed by atoms with van der Waals surface area (Å²) in [6.45, 7) is 25.0. The van der Waals surface area contributed by atoms with Crippen molar-refractivity contribution < 1.29 is 40.9 Å². The smallest absolute Gasteiger partial charge is 0.127 e. The van der Waals surface area contributed by atoms with Gasteiger partial charge in [-0.2, -0.15) is 0 Å². The first-order chi connectivity index (χ1) is 43.9. The van der Waals surface area contributed by atoms with Gasteiger partial charge in [0.1, 0.15) is 46.0 Å². The Kier molecular flexibility index (Phi) is 22.4. The summed E-state index contributed by atoms with van der Waals surface area (Å²) in [4.78, 5) is 0. The van der Waals surface area contributed by atoms with Crippen molar-refractivity contribution in [1.29, 1.82) is 0 Å². The molecule has 0 aliphatic heterocycles. The van der Waals surface area contributed by atoms with Crippen molar-refractivity contribution in [3.63, 3.8) is 0 Å². The van der Waals surface area contributed by atoms with Crippen LogP contribution in [0.4, 0.5) is 0 Å². The summed E-state index contributed by atoms with van der Waals surface area (Å²) in [5, 5.41) is 121. The van der Waals surface area contributed by atoms with E-state index in [0.29, 0.717) is 70.2 Å². The molecule has 4 atom stereocenters. The van der Waals surface area contributed by atoms with E-state index in [2.05, 4.69) is 76.7 Å². The third-order valence-electron chi connectivity index (χ3n) is 19.1. The van der Waals surface area contributed by atoms with Gasteiger partial charge in [0.25, 0.3) is 0 Å². The number of rotatable bonds is 24. The lowest BCUT2D eigenvalue weighted by Crippen LogP contribution is -2.21. The van der Waals surface area contributed by atoms with Gasteiger partial charge in [-0.3, -0.25) is 0 Å². The monoisotopic (exact) mass is 1240 g/mol. The van der Waals surface area contributed by atoms with Crippen molar-refractivity contribution in [2.45, 2.75) is 183 Å². The maximum atomic E-state index is 13.3. The van der Waals surface area contributed by atoms with Crippen LogP contribution in [0.3, 0.4) is 0 Å². The second kappa shape index (κ2) is 30.2. The normalized spacial score (nSPS) is 17.1. The average Bonchev–Trinajstić information content (AvgIpc) is 0.745. The van der Waals surface area contributed by atoms with Crippen LogP contribution in [0.2, 0.25) is 0 Å². The highest BCUT2D eigenvalue weighted by Crippen LogP contribution is 2.56. The van der Waals surface area contributed by atoms with E-state index in [0.717, 1.165) is 22.3 Å². The number of fused-ring (bicyclic) bond motifs is 8. The molecule has 12 nitrogen and oxygen atoms in total. The molecule has 0 saturated carbocycles. The minimum absolute atomic E-state index is 0.0253. The molecule has 12 N–H and O–H groups in total. The fourth-order valence-electron chi connectivity index (χ4n) is 13.9. The lowest BCUT2D eigenvalue weighted by Gasteiger charge is -2.33. The van der Waals surface area contributed by atoms with Crippen LogP contribution < -0.4 is 21.3 Å². The molecule has 0 radical (unpaired) electrons. The minimum atomic E-state index is -0.779. The van der Waals surface area contributed by atoms with Gasteiger partial charge in [-0.15, -0.1) is 0 Å². The SMILES string of the molecule is CC(C)CC1c2cc(c(O)c(CN[C@H](C)c3ccccc3)c2O)C(CC(C)C)c2cc(c(O)c(CN[C@H](C)c3ccccc3)c2O)C(CC(C)C)c2cc(c(O)c(CN[C@H](C)c3ccccc3)c2O)C(CC(C)C)c2cc1c(O)c(CN[C@H](C)c1ccccc1)c2O. The predicted molar refractivity (Wildman–Crippen MR) is 371 cm³/mol. The number of aromatic hydroxyl groups is 8. The van der Waals surface area contributed by atoms with E-state index in [9.17, 15) is 40.9 Å². The highest BCUT2D eigenvalue weighted by molar-refractivity contribution is 5.68. The highest BCUT2D eigenvalue weighted by Gasteiger charge is 2.38. The van der Waals surface area contributed by atoms with Crippen molar-refractivity contribution in [3.05, 3.63) is 235 Å². The first kappa shape index (κ1) is 68.4. The van der Waals surface area contributed by atoms with Gasteiger partial charge >= 0.3 is 0 Å². The molecule has 0 unspecified atom stereocenters. The standard InChI is InChI=1S/C80H100N4O8/c1-45(2)33-57-61-37-63(75(87)69(73(61)85)41-81-49(9)53-25-17-13-18-26-53)58(34-46(3)4)65-39-67(79(91)71(77(65)89)43-83-51(11)55-29-21-15-22-30-55)60(36-48(7)8)68-40-66(78(90)72(80(68)92)44-84-52(12)56-31-23-16-24-32-56)59(35-47(5)6)64-38-62(57)74(86)70(76(64)88)42-82-50(10)54-27-19-14-20-28-54/h13-32,37-40,45-52,57-60,81-92H,33-36,41-44H2,1-12H3/t49-,50-,51-,52-,57?,58?,59?,60?/m1/s1. The van der Waals surface area contributed by atoms with Crippen LogP contribution in [-0.2, 0) is 26.2 Å². The molecule has 9 rings (SSSR count). The molecule has 0 spiro atoms. The third-order valence-corrected chi connectivity index (χ3v) is 19.1. The molecule has 1 aliphatic rings. The number of benzene rings is 8. The summed E-state index contributed by atoms with van der Waals surface area (Å²) < 4.78 is 0. The molecule has 8 bridgehead atoms. The first-order valence-electron chi connectivity index (χ1n) is 33.4. The van der Waals surface area contributed by atoms with Gasteiger partial charge in [-0.05, 0) is 124 Å². The summed E-state index contributed by atoms with van der Waals surface area (Å²) in [6.07, 6.45) is 1.57. The fourth-order valence-corrected chi connectivity index (χ4v) is 13.9. The Hall–Kier alpha value is -8.00. The van der Waals surface area contributed by atoms with Gasteiger partial charge < -0.3 is 62.1 Å². The van der Waals surface area contributed by atoms with Crippen LogP contribution in [-0.4, -0.2) is 40.9 Å². The largest absolute Gasteiger partial charge is 0.507 e. The molecule has 8 aromatic carbocycles. The predicted octanol–water partition coefficient (Wildman–Crippen LogP) is 17.8. The maximum Gasteiger partial charge on any atom is 0.127 e. The molecule has 488 valence electrons. The zero-order valence-electron chi connectivity index (χ0n) is 56.0. The van der Waals surface area contributed by atoms with Crippen molar-refractivity contribution in [3.8, 4) is 46.0 Å². The minimum Gasteiger partial charge on any atom is -0.507 e. The molecular formula is C80H100N4O8. The Labute approximate surface area is 546 Å². The van der Waals surface area contributed by atoms with Crippen molar-refractivity contribution in [2.24, 2.45) is 23.7 Å². The third kappa shape index (κ3) is 15.2. The lowest BCUT2D eigenvalue weighted by atomic mass is 9.73. The van der Waals surface area contributed by atoms with Gasteiger partial charge in [-0.25, -0.2) is 0 Å². The molecular weight excluding hydrogens is 1140 g/mol. The van der Waals surface area contributed by atoms with Crippen LogP contribution in [0.15, 0.2) is 146 Å².